The van der Waals surface area contributed by atoms with Crippen molar-refractivity contribution in [3.05, 3.63) is 28.0 Å². The molecule has 0 aliphatic heterocycles. The van der Waals surface area contributed by atoms with E-state index in [4.69, 9.17) is 32.7 Å². The van der Waals surface area contributed by atoms with Crippen molar-refractivity contribution < 1.29 is 14.3 Å². The summed E-state index contributed by atoms with van der Waals surface area (Å²) in [5.41, 5.74) is 0.324. The molecule has 1 aromatic rings. The lowest BCUT2D eigenvalue weighted by Gasteiger charge is -2.13. The molecule has 1 N–H and O–H groups in total. The molecule has 0 aliphatic carbocycles. The summed E-state index contributed by atoms with van der Waals surface area (Å²) in [6.45, 7) is 0.228. The molecule has 1 aromatic heterocycles. The number of pyridine rings is 1. The molecule has 17 heavy (non-hydrogen) atoms. The van der Waals surface area contributed by atoms with Gasteiger partial charge < -0.3 is 14.8 Å². The van der Waals surface area contributed by atoms with Gasteiger partial charge in [-0.15, -0.1) is 0 Å². The van der Waals surface area contributed by atoms with E-state index in [1.54, 1.807) is 0 Å². The maximum absolute atomic E-state index is 11.7. The van der Waals surface area contributed by atoms with Gasteiger partial charge in [0.1, 0.15) is 5.15 Å². The van der Waals surface area contributed by atoms with Crippen molar-refractivity contribution in [2.45, 2.75) is 6.29 Å². The molecule has 0 spiro atoms. The van der Waals surface area contributed by atoms with Crippen LogP contribution < -0.4 is 5.32 Å². The molecule has 94 valence electrons. The minimum Gasteiger partial charge on any atom is -0.354 e. The first-order chi connectivity index (χ1) is 8.08. The molecule has 0 saturated carbocycles. The summed E-state index contributed by atoms with van der Waals surface area (Å²) in [4.78, 5) is 15.5. The van der Waals surface area contributed by atoms with Crippen LogP contribution in [0.2, 0.25) is 10.2 Å². The van der Waals surface area contributed by atoms with Gasteiger partial charge in [-0.05, 0) is 6.07 Å². The number of nitrogens with one attached hydrogen (secondary N) is 1. The molecule has 1 amide bonds. The van der Waals surface area contributed by atoms with Gasteiger partial charge in [0.2, 0.25) is 0 Å². The Labute approximate surface area is 109 Å². The molecular weight excluding hydrogens is 267 g/mol. The SMILES string of the molecule is COC(CNC(=O)c1cnc(Cl)c(Cl)c1)OC. The summed E-state index contributed by atoms with van der Waals surface area (Å²) in [7, 11) is 2.97. The molecule has 0 radical (unpaired) electrons. The van der Waals surface area contributed by atoms with Crippen molar-refractivity contribution in [1.29, 1.82) is 0 Å². The Balaban J connectivity index is 2.61. The fourth-order valence-corrected chi connectivity index (χ4v) is 1.36. The zero-order valence-corrected chi connectivity index (χ0v) is 10.9. The van der Waals surface area contributed by atoms with E-state index in [1.807, 2.05) is 0 Å². The number of rotatable bonds is 5. The zero-order chi connectivity index (χ0) is 12.8. The van der Waals surface area contributed by atoms with Crippen LogP contribution in [-0.4, -0.2) is 37.9 Å². The Morgan fingerprint density at radius 1 is 1.47 bits per heavy atom. The highest BCUT2D eigenvalue weighted by Crippen LogP contribution is 2.19. The maximum Gasteiger partial charge on any atom is 0.253 e. The lowest BCUT2D eigenvalue weighted by Crippen LogP contribution is -2.34. The molecular formula is C10H12Cl2N2O3. The smallest absolute Gasteiger partial charge is 0.253 e. The summed E-state index contributed by atoms with van der Waals surface area (Å²) < 4.78 is 9.86. The molecule has 1 rings (SSSR count). The quantitative estimate of drug-likeness (QED) is 0.658. The second kappa shape index (κ2) is 6.76. The second-order valence-corrected chi connectivity index (χ2v) is 3.87. The van der Waals surface area contributed by atoms with Crippen molar-refractivity contribution in [1.82, 2.24) is 10.3 Å². The van der Waals surface area contributed by atoms with Crippen LogP contribution in [0.5, 0.6) is 0 Å². The first kappa shape index (κ1) is 14.2. The number of hydrogen-bond donors (Lipinski definition) is 1. The molecule has 7 heteroatoms. The van der Waals surface area contributed by atoms with Crippen LogP contribution >= 0.6 is 23.2 Å². The van der Waals surface area contributed by atoms with Gasteiger partial charge in [0.25, 0.3) is 5.91 Å². The number of carbonyl (C=O) groups is 1. The zero-order valence-electron chi connectivity index (χ0n) is 9.37. The largest absolute Gasteiger partial charge is 0.354 e. The van der Waals surface area contributed by atoms with E-state index >= 15 is 0 Å². The van der Waals surface area contributed by atoms with Crippen LogP contribution in [0.3, 0.4) is 0 Å². The van der Waals surface area contributed by atoms with Crippen LogP contribution in [0.25, 0.3) is 0 Å². The van der Waals surface area contributed by atoms with Gasteiger partial charge in [0.05, 0.1) is 17.1 Å². The Morgan fingerprint density at radius 3 is 2.65 bits per heavy atom. The van der Waals surface area contributed by atoms with Crippen molar-refractivity contribution in [2.75, 3.05) is 20.8 Å². The molecule has 0 saturated heterocycles. The Hall–Kier alpha value is -0.880. The Morgan fingerprint density at radius 2 is 2.12 bits per heavy atom. The second-order valence-electron chi connectivity index (χ2n) is 3.11. The summed E-state index contributed by atoms with van der Waals surface area (Å²) in [5.74, 6) is -0.324. The highest BCUT2D eigenvalue weighted by molar-refractivity contribution is 6.41. The van der Waals surface area contributed by atoms with Crippen LogP contribution in [0.4, 0.5) is 0 Å². The third kappa shape index (κ3) is 4.12. The summed E-state index contributed by atoms with van der Waals surface area (Å²) in [6.07, 6.45) is 0.854. The highest BCUT2D eigenvalue weighted by atomic mass is 35.5. The number of ether oxygens (including phenoxy) is 2. The van der Waals surface area contributed by atoms with E-state index in [0.29, 0.717) is 5.56 Å². The van der Waals surface area contributed by atoms with Gasteiger partial charge in [-0.3, -0.25) is 4.79 Å². The maximum atomic E-state index is 11.7. The van der Waals surface area contributed by atoms with E-state index in [0.717, 1.165) is 0 Å². The minimum atomic E-state index is -0.491. The van der Waals surface area contributed by atoms with Crippen LogP contribution in [0.1, 0.15) is 10.4 Å². The highest BCUT2D eigenvalue weighted by Gasteiger charge is 2.11. The lowest BCUT2D eigenvalue weighted by atomic mass is 10.2. The first-order valence-electron chi connectivity index (χ1n) is 4.73. The predicted octanol–water partition coefficient (Wildman–Crippen LogP) is 1.74. The van der Waals surface area contributed by atoms with Crippen molar-refractivity contribution in [3.8, 4) is 0 Å². The number of nitrogens with zero attached hydrogens (tertiary/aromatic N) is 1. The number of methoxy groups -OCH3 is 2. The summed E-state index contributed by atoms with van der Waals surface area (Å²) >= 11 is 11.4. The molecule has 0 aromatic carbocycles. The third-order valence-corrected chi connectivity index (χ3v) is 2.70. The van der Waals surface area contributed by atoms with Crippen LogP contribution in [0.15, 0.2) is 12.3 Å². The number of amides is 1. The number of halogens is 2. The van der Waals surface area contributed by atoms with E-state index in [1.165, 1.54) is 26.5 Å². The van der Waals surface area contributed by atoms with Crippen molar-refractivity contribution >= 4 is 29.1 Å². The monoisotopic (exact) mass is 278 g/mol. The van der Waals surface area contributed by atoms with Gasteiger partial charge in [0.15, 0.2) is 6.29 Å². The van der Waals surface area contributed by atoms with E-state index < -0.39 is 6.29 Å². The van der Waals surface area contributed by atoms with Crippen LogP contribution in [0, 0.1) is 0 Å². The first-order valence-corrected chi connectivity index (χ1v) is 5.49. The fourth-order valence-electron chi connectivity index (χ4n) is 1.09. The Bertz CT molecular complexity index is 397. The summed E-state index contributed by atoms with van der Waals surface area (Å²) in [5, 5.41) is 3.01. The van der Waals surface area contributed by atoms with Gasteiger partial charge >= 0.3 is 0 Å². The molecule has 0 fully saturated rings. The molecule has 1 heterocycles. The van der Waals surface area contributed by atoms with Crippen molar-refractivity contribution in [3.63, 3.8) is 0 Å². The number of carbonyl (C=O) groups excluding carboxylic acids is 1. The van der Waals surface area contributed by atoms with Crippen molar-refractivity contribution in [2.24, 2.45) is 0 Å². The normalized spacial score (nSPS) is 10.6. The lowest BCUT2D eigenvalue weighted by molar-refractivity contribution is -0.0974. The average molecular weight is 279 g/mol. The molecule has 0 aliphatic rings. The molecule has 0 atom stereocenters. The number of hydrogen-bond acceptors (Lipinski definition) is 4. The standard InChI is InChI=1S/C10H12Cl2N2O3/c1-16-8(17-2)5-14-10(15)6-3-7(11)9(12)13-4-6/h3-4,8H,5H2,1-2H3,(H,14,15). The summed E-state index contributed by atoms with van der Waals surface area (Å²) in [6, 6.07) is 1.45. The van der Waals surface area contributed by atoms with E-state index in [-0.39, 0.29) is 22.6 Å². The Kier molecular flexibility index (Phi) is 5.64. The van der Waals surface area contributed by atoms with Crippen LogP contribution in [-0.2, 0) is 9.47 Å². The van der Waals surface area contributed by atoms with E-state index in [2.05, 4.69) is 10.3 Å². The molecule has 0 unspecified atom stereocenters. The number of aromatic nitrogens is 1. The fraction of sp³-hybridized carbons (Fsp3) is 0.400. The predicted molar refractivity (Wildman–Crippen MR) is 64.4 cm³/mol. The molecule has 0 bridgehead atoms. The average Bonchev–Trinajstić information content (AvgIpc) is 2.33. The van der Waals surface area contributed by atoms with Gasteiger partial charge in [-0.25, -0.2) is 4.98 Å². The van der Waals surface area contributed by atoms with Gasteiger partial charge in [0, 0.05) is 20.4 Å². The molecule has 5 nitrogen and oxygen atoms in total. The third-order valence-electron chi connectivity index (χ3n) is 2.01. The minimum absolute atomic E-state index is 0.162. The van der Waals surface area contributed by atoms with Gasteiger partial charge in [-0.2, -0.15) is 0 Å². The van der Waals surface area contributed by atoms with E-state index in [9.17, 15) is 4.79 Å². The topological polar surface area (TPSA) is 60.5 Å². The van der Waals surface area contributed by atoms with Gasteiger partial charge in [-0.1, -0.05) is 23.2 Å².